The van der Waals surface area contributed by atoms with Gasteiger partial charge in [0.15, 0.2) is 11.5 Å². The Kier molecular flexibility index (Phi) is 6.76. The summed E-state index contributed by atoms with van der Waals surface area (Å²) in [4.78, 5) is 11.1. The first kappa shape index (κ1) is 20.0. The van der Waals surface area contributed by atoms with Crippen molar-refractivity contribution in [1.29, 1.82) is 0 Å². The van der Waals surface area contributed by atoms with Gasteiger partial charge in [0.2, 0.25) is 5.75 Å². The van der Waals surface area contributed by atoms with Gasteiger partial charge in [0.25, 0.3) is 6.47 Å². The van der Waals surface area contributed by atoms with Crippen LogP contribution in [0.1, 0.15) is 29.2 Å². The Bertz CT molecular complexity index is 782. The third kappa shape index (κ3) is 4.39. The number of methoxy groups -OCH3 is 3. The van der Waals surface area contributed by atoms with E-state index < -0.39 is 0 Å². The Labute approximate surface area is 165 Å². The fourth-order valence-corrected chi connectivity index (χ4v) is 3.85. The highest BCUT2D eigenvalue weighted by Gasteiger charge is 2.25. The fourth-order valence-electron chi connectivity index (χ4n) is 3.85. The number of hydrogen-bond donors (Lipinski definition) is 1. The largest absolute Gasteiger partial charge is 0.493 e. The van der Waals surface area contributed by atoms with Crippen molar-refractivity contribution in [3.05, 3.63) is 53.1 Å². The van der Waals surface area contributed by atoms with Crippen LogP contribution in [-0.4, -0.2) is 40.5 Å². The normalized spacial score (nSPS) is 16.6. The van der Waals surface area contributed by atoms with Crippen LogP contribution >= 0.6 is 0 Å². The molecule has 1 aliphatic heterocycles. The first-order valence-corrected chi connectivity index (χ1v) is 9.39. The molecule has 0 aliphatic carbocycles. The van der Waals surface area contributed by atoms with Crippen molar-refractivity contribution in [3.8, 4) is 17.2 Å². The van der Waals surface area contributed by atoms with Crippen LogP contribution in [0.5, 0.6) is 17.2 Å². The number of ether oxygens (including phenoxy) is 4. The minimum Gasteiger partial charge on any atom is -0.493 e. The molecule has 2 aromatic rings. The molecule has 1 aliphatic rings. The van der Waals surface area contributed by atoms with Crippen LogP contribution in [0.2, 0.25) is 0 Å². The van der Waals surface area contributed by atoms with E-state index in [0.717, 1.165) is 18.5 Å². The number of hydrogen-bond acceptors (Lipinski definition) is 6. The van der Waals surface area contributed by atoms with Crippen molar-refractivity contribution in [2.24, 2.45) is 0 Å². The average molecular weight is 385 g/mol. The quantitative estimate of drug-likeness (QED) is 0.669. The maximum atomic E-state index is 11.1. The highest BCUT2D eigenvalue weighted by atomic mass is 16.5. The Balaban J connectivity index is 1.82. The Morgan fingerprint density at radius 3 is 2.46 bits per heavy atom. The predicted molar refractivity (Wildman–Crippen MR) is 106 cm³/mol. The average Bonchev–Trinajstić information content (AvgIpc) is 2.73. The number of nitrogens with one attached hydrogen (secondary N) is 1. The van der Waals surface area contributed by atoms with Crippen LogP contribution in [0, 0.1) is 0 Å². The van der Waals surface area contributed by atoms with E-state index in [9.17, 15) is 4.79 Å². The zero-order valence-electron chi connectivity index (χ0n) is 16.6. The van der Waals surface area contributed by atoms with Gasteiger partial charge in [0.1, 0.15) is 6.10 Å². The molecule has 3 rings (SSSR count). The molecule has 0 fully saturated rings. The van der Waals surface area contributed by atoms with E-state index in [4.69, 9.17) is 18.9 Å². The number of rotatable bonds is 9. The minimum absolute atomic E-state index is 0.150. The minimum atomic E-state index is -0.274. The number of fused-ring (bicyclic) bond motifs is 1. The first-order chi connectivity index (χ1) is 13.7. The van der Waals surface area contributed by atoms with Gasteiger partial charge in [-0.2, -0.15) is 0 Å². The van der Waals surface area contributed by atoms with Gasteiger partial charge in [-0.3, -0.25) is 4.79 Å². The molecule has 6 nitrogen and oxygen atoms in total. The van der Waals surface area contributed by atoms with Crippen LogP contribution in [-0.2, 0) is 22.4 Å². The third-order valence-corrected chi connectivity index (χ3v) is 5.15. The summed E-state index contributed by atoms with van der Waals surface area (Å²) < 4.78 is 21.7. The summed E-state index contributed by atoms with van der Waals surface area (Å²) in [5.41, 5.74) is 3.58. The van der Waals surface area contributed by atoms with E-state index in [-0.39, 0.29) is 12.1 Å². The lowest BCUT2D eigenvalue weighted by Crippen LogP contribution is -2.33. The Morgan fingerprint density at radius 2 is 1.82 bits per heavy atom. The monoisotopic (exact) mass is 385 g/mol. The summed E-state index contributed by atoms with van der Waals surface area (Å²) in [5, 5.41) is 3.55. The standard InChI is InChI=1S/C22H27NO5/c1-25-20-11-15(12-21(26-2)22(20)27-3)10-17(28-14-24)13-19-18-7-5-4-6-16(18)8-9-23-19/h4-7,11-12,14,17,19,23H,8-10,13H2,1-3H3/t17?,19-/m1/s1. The lowest BCUT2D eigenvalue weighted by molar-refractivity contribution is -0.134. The summed E-state index contributed by atoms with van der Waals surface area (Å²) >= 11 is 0. The molecule has 0 spiro atoms. The summed E-state index contributed by atoms with van der Waals surface area (Å²) in [5.74, 6) is 1.72. The van der Waals surface area contributed by atoms with Crippen LogP contribution in [0.15, 0.2) is 36.4 Å². The molecule has 2 atom stereocenters. The molecule has 0 amide bonds. The van der Waals surface area contributed by atoms with E-state index >= 15 is 0 Å². The highest BCUT2D eigenvalue weighted by Crippen LogP contribution is 2.39. The smallest absolute Gasteiger partial charge is 0.293 e. The van der Waals surface area contributed by atoms with E-state index in [1.165, 1.54) is 11.1 Å². The van der Waals surface area contributed by atoms with Crippen molar-refractivity contribution < 1.29 is 23.7 Å². The molecule has 0 saturated heterocycles. The van der Waals surface area contributed by atoms with E-state index in [0.29, 0.717) is 36.6 Å². The second kappa shape index (κ2) is 9.46. The van der Waals surface area contributed by atoms with E-state index in [2.05, 4.69) is 23.5 Å². The zero-order valence-corrected chi connectivity index (χ0v) is 16.6. The van der Waals surface area contributed by atoms with Gasteiger partial charge in [0, 0.05) is 18.9 Å². The molecule has 1 N–H and O–H groups in total. The van der Waals surface area contributed by atoms with Crippen molar-refractivity contribution in [1.82, 2.24) is 5.32 Å². The molecule has 1 unspecified atom stereocenters. The van der Waals surface area contributed by atoms with Crippen molar-refractivity contribution in [2.75, 3.05) is 27.9 Å². The number of carbonyl (C=O) groups is 1. The molecule has 1 heterocycles. The van der Waals surface area contributed by atoms with Gasteiger partial charge in [-0.15, -0.1) is 0 Å². The van der Waals surface area contributed by atoms with Gasteiger partial charge >= 0.3 is 0 Å². The molecule has 6 heteroatoms. The Morgan fingerprint density at radius 1 is 1.11 bits per heavy atom. The van der Waals surface area contributed by atoms with Gasteiger partial charge < -0.3 is 24.3 Å². The third-order valence-electron chi connectivity index (χ3n) is 5.15. The highest BCUT2D eigenvalue weighted by molar-refractivity contribution is 5.54. The summed E-state index contributed by atoms with van der Waals surface area (Å²) in [7, 11) is 4.75. The zero-order chi connectivity index (χ0) is 19.9. The first-order valence-electron chi connectivity index (χ1n) is 9.39. The summed E-state index contributed by atoms with van der Waals surface area (Å²) in [6.07, 6.45) is 1.98. The van der Waals surface area contributed by atoms with Crippen molar-refractivity contribution in [3.63, 3.8) is 0 Å². The molecular formula is C22H27NO5. The van der Waals surface area contributed by atoms with Gasteiger partial charge in [-0.25, -0.2) is 0 Å². The molecule has 28 heavy (non-hydrogen) atoms. The summed E-state index contributed by atoms with van der Waals surface area (Å²) in [6, 6.07) is 12.4. The van der Waals surface area contributed by atoms with Crippen LogP contribution < -0.4 is 19.5 Å². The molecule has 150 valence electrons. The summed E-state index contributed by atoms with van der Waals surface area (Å²) in [6.45, 7) is 1.44. The van der Waals surface area contributed by atoms with Crippen LogP contribution in [0.3, 0.4) is 0 Å². The van der Waals surface area contributed by atoms with Gasteiger partial charge in [0.05, 0.1) is 21.3 Å². The lowest BCUT2D eigenvalue weighted by atomic mass is 9.89. The van der Waals surface area contributed by atoms with E-state index in [1.807, 2.05) is 18.2 Å². The van der Waals surface area contributed by atoms with E-state index in [1.54, 1.807) is 21.3 Å². The SMILES string of the molecule is COc1cc(CC(C[C@H]2NCCc3ccccc32)OC=O)cc(OC)c1OC. The molecule has 0 aromatic heterocycles. The maximum Gasteiger partial charge on any atom is 0.293 e. The molecule has 2 aromatic carbocycles. The van der Waals surface area contributed by atoms with Crippen LogP contribution in [0.25, 0.3) is 0 Å². The molecular weight excluding hydrogens is 358 g/mol. The predicted octanol–water partition coefficient (Wildman–Crippen LogP) is 3.07. The van der Waals surface area contributed by atoms with Gasteiger partial charge in [-0.05, 0) is 41.8 Å². The fraction of sp³-hybridized carbons (Fsp3) is 0.409. The number of benzene rings is 2. The lowest BCUT2D eigenvalue weighted by Gasteiger charge is -2.29. The van der Waals surface area contributed by atoms with Crippen molar-refractivity contribution in [2.45, 2.75) is 31.4 Å². The second-order valence-electron chi connectivity index (χ2n) is 6.78. The molecule has 0 bridgehead atoms. The topological polar surface area (TPSA) is 66.0 Å². The van der Waals surface area contributed by atoms with Crippen molar-refractivity contribution >= 4 is 6.47 Å². The van der Waals surface area contributed by atoms with Gasteiger partial charge in [-0.1, -0.05) is 24.3 Å². The number of carbonyl (C=O) groups excluding carboxylic acids is 1. The second-order valence-corrected chi connectivity index (χ2v) is 6.78. The maximum absolute atomic E-state index is 11.1. The molecule has 0 saturated carbocycles. The molecule has 0 radical (unpaired) electrons. The van der Waals surface area contributed by atoms with Crippen LogP contribution in [0.4, 0.5) is 0 Å². The Hall–Kier alpha value is -2.73.